The van der Waals surface area contributed by atoms with Crippen LogP contribution in [0.1, 0.15) is 28.0 Å². The molecule has 0 saturated carbocycles. The summed E-state index contributed by atoms with van der Waals surface area (Å²) in [6, 6.07) is 3.95. The normalized spacial score (nSPS) is 18.5. The molecule has 1 aliphatic heterocycles. The molecule has 0 bridgehead atoms. The molecule has 2 aromatic rings. The molecule has 156 valence electrons. The molecule has 4 rings (SSSR count). The van der Waals surface area contributed by atoms with Crippen LogP contribution in [0.4, 0.5) is 9.80 Å². The summed E-state index contributed by atoms with van der Waals surface area (Å²) in [6.45, 7) is 1.10. The predicted octanol–water partition coefficient (Wildman–Crippen LogP) is 3.19. The van der Waals surface area contributed by atoms with Gasteiger partial charge in [-0.3, -0.25) is 4.79 Å². The van der Waals surface area contributed by atoms with Crippen LogP contribution in [0, 0.1) is 11.3 Å². The first-order valence-corrected chi connectivity index (χ1v) is 10.4. The van der Waals surface area contributed by atoms with Gasteiger partial charge < -0.3 is 24.1 Å². The molecule has 9 heteroatoms. The highest BCUT2D eigenvalue weighted by atomic mass is 32.1. The number of ether oxygens (including phenoxy) is 2. The summed E-state index contributed by atoms with van der Waals surface area (Å²) < 4.78 is 15.8. The Bertz CT molecular complexity index is 999. The number of likely N-dealkylation sites (tertiary alicyclic amines) is 1. The van der Waals surface area contributed by atoms with Gasteiger partial charge in [0.25, 0.3) is 0 Å². The van der Waals surface area contributed by atoms with Gasteiger partial charge in [-0.2, -0.15) is 5.26 Å². The van der Waals surface area contributed by atoms with Crippen molar-refractivity contribution in [2.45, 2.75) is 31.5 Å². The van der Waals surface area contributed by atoms with Crippen molar-refractivity contribution in [3.8, 4) is 6.07 Å². The van der Waals surface area contributed by atoms with E-state index >= 15 is 0 Å². The van der Waals surface area contributed by atoms with Crippen LogP contribution in [-0.2, 0) is 27.1 Å². The zero-order valence-electron chi connectivity index (χ0n) is 16.4. The molecule has 0 aromatic carbocycles. The van der Waals surface area contributed by atoms with E-state index in [1.54, 1.807) is 24.2 Å². The minimum atomic E-state index is -0.327. The average Bonchev–Trinajstić information content (AvgIpc) is 3.32. The second-order valence-corrected chi connectivity index (χ2v) is 8.32. The number of thiophene rings is 1. The van der Waals surface area contributed by atoms with Crippen LogP contribution in [0.25, 0.3) is 6.08 Å². The number of nitrogens with one attached hydrogen (secondary N) is 1. The highest BCUT2D eigenvalue weighted by Gasteiger charge is 2.34. The highest BCUT2D eigenvalue weighted by Crippen LogP contribution is 2.38. The van der Waals surface area contributed by atoms with Crippen molar-refractivity contribution in [3.63, 3.8) is 0 Å². The summed E-state index contributed by atoms with van der Waals surface area (Å²) in [6.07, 6.45) is 7.45. The lowest BCUT2D eigenvalue weighted by molar-refractivity contribution is -0.111. The van der Waals surface area contributed by atoms with Gasteiger partial charge in [0, 0.05) is 30.0 Å². The summed E-state index contributed by atoms with van der Waals surface area (Å²) >= 11 is 1.37. The summed E-state index contributed by atoms with van der Waals surface area (Å²) in [4.78, 5) is 27.1. The standard InChI is InChI=1S/C21H21N3O5S/c1-27-15-10-24(11-15)21(26)29-14-3-4-16-17(9-22)20(30-18(16)8-14)23-19(25)5-2-13-6-7-28-12-13/h2,5-7,12,14-15H,3-4,8,10-11H2,1H3,(H,23,25). The summed E-state index contributed by atoms with van der Waals surface area (Å²) in [7, 11) is 1.63. The SMILES string of the molecule is COC1CN(C(=O)OC2CCc3c(sc(NC(=O)C=Cc4ccoc4)c3C#N)C2)C1. The lowest BCUT2D eigenvalue weighted by Crippen LogP contribution is -2.55. The molecule has 3 heterocycles. The molecule has 1 N–H and O–H groups in total. The lowest BCUT2D eigenvalue weighted by atomic mass is 9.94. The Morgan fingerprint density at radius 3 is 2.93 bits per heavy atom. The largest absolute Gasteiger partial charge is 0.472 e. The third kappa shape index (κ3) is 4.25. The van der Waals surface area contributed by atoms with Gasteiger partial charge >= 0.3 is 6.09 Å². The smallest absolute Gasteiger partial charge is 0.410 e. The van der Waals surface area contributed by atoms with Crippen LogP contribution in [-0.4, -0.2) is 49.3 Å². The Morgan fingerprint density at radius 1 is 1.40 bits per heavy atom. The quantitative estimate of drug-likeness (QED) is 0.735. The molecule has 1 saturated heterocycles. The van der Waals surface area contributed by atoms with Crippen molar-refractivity contribution in [1.29, 1.82) is 5.26 Å². The van der Waals surface area contributed by atoms with Crippen LogP contribution in [0.5, 0.6) is 0 Å². The predicted molar refractivity (Wildman–Crippen MR) is 110 cm³/mol. The van der Waals surface area contributed by atoms with Crippen molar-refractivity contribution in [1.82, 2.24) is 4.90 Å². The number of methoxy groups -OCH3 is 1. The molecular formula is C21H21N3O5S. The number of anilines is 1. The number of carbonyl (C=O) groups is 2. The number of nitrogens with zero attached hydrogens (tertiary/aromatic N) is 2. The Morgan fingerprint density at radius 2 is 2.23 bits per heavy atom. The number of hydrogen-bond donors (Lipinski definition) is 1. The molecule has 0 spiro atoms. The van der Waals surface area contributed by atoms with E-state index in [1.165, 1.54) is 29.9 Å². The second-order valence-electron chi connectivity index (χ2n) is 7.21. The average molecular weight is 427 g/mol. The van der Waals surface area contributed by atoms with Crippen LogP contribution >= 0.6 is 11.3 Å². The number of carbonyl (C=O) groups excluding carboxylic acids is 2. The number of hydrogen-bond acceptors (Lipinski definition) is 7. The third-order valence-electron chi connectivity index (χ3n) is 5.25. The fourth-order valence-electron chi connectivity index (χ4n) is 3.51. The molecule has 2 aliphatic rings. The first-order valence-electron chi connectivity index (χ1n) is 9.61. The van der Waals surface area contributed by atoms with Crippen molar-refractivity contribution in [3.05, 3.63) is 46.2 Å². The van der Waals surface area contributed by atoms with Gasteiger partial charge in [0.2, 0.25) is 5.91 Å². The summed E-state index contributed by atoms with van der Waals surface area (Å²) in [5.41, 5.74) is 2.21. The van der Waals surface area contributed by atoms with E-state index < -0.39 is 0 Å². The van der Waals surface area contributed by atoms with E-state index in [2.05, 4.69) is 11.4 Å². The second kappa shape index (κ2) is 8.73. The number of rotatable bonds is 5. The zero-order chi connectivity index (χ0) is 21.1. The lowest BCUT2D eigenvalue weighted by Gasteiger charge is -2.38. The number of furan rings is 1. The van der Waals surface area contributed by atoms with Crippen molar-refractivity contribution in [2.75, 3.05) is 25.5 Å². The van der Waals surface area contributed by atoms with Crippen molar-refractivity contribution < 1.29 is 23.5 Å². The monoisotopic (exact) mass is 427 g/mol. The van der Waals surface area contributed by atoms with E-state index in [-0.39, 0.29) is 24.2 Å². The van der Waals surface area contributed by atoms with Gasteiger partial charge in [-0.05, 0) is 30.5 Å². The molecule has 1 atom stereocenters. The van der Waals surface area contributed by atoms with Gasteiger partial charge in [0.15, 0.2) is 0 Å². The van der Waals surface area contributed by atoms with Gasteiger partial charge in [0.1, 0.15) is 17.2 Å². The third-order valence-corrected chi connectivity index (χ3v) is 6.42. The molecule has 1 unspecified atom stereocenters. The van der Waals surface area contributed by atoms with Crippen LogP contribution in [0.3, 0.4) is 0 Å². The van der Waals surface area contributed by atoms with Crippen LogP contribution in [0.2, 0.25) is 0 Å². The van der Waals surface area contributed by atoms with Gasteiger partial charge in [-0.15, -0.1) is 11.3 Å². The molecule has 1 fully saturated rings. The Balaban J connectivity index is 1.39. The first-order chi connectivity index (χ1) is 14.6. The molecule has 1 aliphatic carbocycles. The maximum atomic E-state index is 12.2. The van der Waals surface area contributed by atoms with Gasteiger partial charge in [0.05, 0.1) is 37.3 Å². The molecule has 30 heavy (non-hydrogen) atoms. The topological polar surface area (TPSA) is 105 Å². The van der Waals surface area contributed by atoms with E-state index in [0.29, 0.717) is 42.9 Å². The Labute approximate surface area is 177 Å². The minimum Gasteiger partial charge on any atom is -0.472 e. The highest BCUT2D eigenvalue weighted by molar-refractivity contribution is 7.16. The molecular weight excluding hydrogens is 406 g/mol. The maximum absolute atomic E-state index is 12.2. The Hall–Kier alpha value is -3.09. The van der Waals surface area contributed by atoms with Gasteiger partial charge in [-0.1, -0.05) is 0 Å². The van der Waals surface area contributed by atoms with Crippen LogP contribution < -0.4 is 5.32 Å². The first kappa shape index (κ1) is 20.2. The fraction of sp³-hybridized carbons (Fsp3) is 0.381. The van der Waals surface area contributed by atoms with Crippen LogP contribution in [0.15, 0.2) is 29.1 Å². The van der Waals surface area contributed by atoms with Crippen molar-refractivity contribution in [2.24, 2.45) is 0 Å². The molecule has 0 radical (unpaired) electrons. The Kier molecular flexibility index (Phi) is 5.88. The number of nitriles is 1. The maximum Gasteiger partial charge on any atom is 0.410 e. The minimum absolute atomic E-state index is 0.0831. The molecule has 2 amide bonds. The van der Waals surface area contributed by atoms with Crippen molar-refractivity contribution >= 4 is 34.4 Å². The molecule has 8 nitrogen and oxygen atoms in total. The number of fused-ring (bicyclic) bond motifs is 1. The van der Waals surface area contributed by atoms with E-state index in [0.717, 1.165) is 16.0 Å². The number of amides is 2. The van der Waals surface area contributed by atoms with E-state index in [1.807, 2.05) is 0 Å². The van der Waals surface area contributed by atoms with E-state index in [9.17, 15) is 14.9 Å². The molecule has 2 aromatic heterocycles. The van der Waals surface area contributed by atoms with Gasteiger partial charge in [-0.25, -0.2) is 4.79 Å². The van der Waals surface area contributed by atoms with E-state index in [4.69, 9.17) is 13.9 Å². The summed E-state index contributed by atoms with van der Waals surface area (Å²) in [5, 5.41) is 12.9. The fourth-order valence-corrected chi connectivity index (χ4v) is 4.78. The zero-order valence-corrected chi connectivity index (χ0v) is 17.2. The summed E-state index contributed by atoms with van der Waals surface area (Å²) in [5.74, 6) is -0.320.